The highest BCUT2D eigenvalue weighted by Gasteiger charge is 2.22. The van der Waals surface area contributed by atoms with Gasteiger partial charge in [0.1, 0.15) is 17.7 Å². The first kappa shape index (κ1) is 21.4. The van der Waals surface area contributed by atoms with Crippen molar-refractivity contribution in [3.8, 4) is 0 Å². The van der Waals surface area contributed by atoms with Gasteiger partial charge in [-0.2, -0.15) is 0 Å². The second-order valence-electron chi connectivity index (χ2n) is 7.25. The highest BCUT2D eigenvalue weighted by molar-refractivity contribution is 7.71. The maximum absolute atomic E-state index is 13.4. The number of halogens is 1. The van der Waals surface area contributed by atoms with Gasteiger partial charge in [0.05, 0.1) is 10.9 Å². The van der Waals surface area contributed by atoms with E-state index in [1.807, 2.05) is 7.05 Å². The van der Waals surface area contributed by atoms with Gasteiger partial charge in [0.15, 0.2) is 4.77 Å². The molecule has 7 nitrogen and oxygen atoms in total. The van der Waals surface area contributed by atoms with Crippen LogP contribution < -0.4 is 10.9 Å². The molecule has 0 spiro atoms. The Balaban J connectivity index is 1.72. The van der Waals surface area contributed by atoms with Crippen molar-refractivity contribution in [2.45, 2.75) is 12.6 Å². The molecule has 0 aliphatic heterocycles. The third-order valence-electron chi connectivity index (χ3n) is 5.15. The summed E-state index contributed by atoms with van der Waals surface area (Å²) in [5.41, 5.74) is 1.22. The normalized spacial score (nSPS) is 11.9. The Morgan fingerprint density at radius 1 is 1.31 bits per heavy atom. The van der Waals surface area contributed by atoms with Gasteiger partial charge in [0, 0.05) is 31.5 Å². The van der Waals surface area contributed by atoms with E-state index in [4.69, 9.17) is 12.2 Å². The summed E-state index contributed by atoms with van der Waals surface area (Å²) >= 11 is 5.27. The third-order valence-corrected chi connectivity index (χ3v) is 5.47. The first-order valence-corrected chi connectivity index (χ1v) is 10.2. The van der Waals surface area contributed by atoms with Crippen molar-refractivity contribution in [1.29, 1.82) is 0 Å². The molecule has 0 saturated heterocycles. The van der Waals surface area contributed by atoms with Crippen molar-refractivity contribution in [3.63, 3.8) is 0 Å². The molecule has 0 radical (unpaired) electrons. The zero-order chi connectivity index (χ0) is 22.8. The van der Waals surface area contributed by atoms with Crippen molar-refractivity contribution >= 4 is 29.0 Å². The van der Waals surface area contributed by atoms with Crippen LogP contribution in [-0.4, -0.2) is 25.0 Å². The highest BCUT2D eigenvalue weighted by atomic mass is 32.1. The molecule has 32 heavy (non-hydrogen) atoms. The van der Waals surface area contributed by atoms with Crippen molar-refractivity contribution in [3.05, 3.63) is 105 Å². The number of allylic oxidation sites excluding steroid dienone is 1. The molecule has 0 aliphatic carbocycles. The minimum absolute atomic E-state index is 0.247. The summed E-state index contributed by atoms with van der Waals surface area (Å²) < 4.78 is 16.9. The number of aromatic amines is 1. The van der Waals surface area contributed by atoms with Crippen LogP contribution >= 0.6 is 12.2 Å². The number of hydrogen-bond donors (Lipinski definition) is 2. The molecule has 0 fully saturated rings. The van der Waals surface area contributed by atoms with Gasteiger partial charge in [-0.1, -0.05) is 18.2 Å². The van der Waals surface area contributed by atoms with E-state index in [9.17, 15) is 14.0 Å². The Bertz CT molecular complexity index is 1440. The number of rotatable bonds is 6. The van der Waals surface area contributed by atoms with Crippen LogP contribution in [0.15, 0.2) is 72.3 Å². The van der Waals surface area contributed by atoms with Crippen LogP contribution in [0.4, 0.5) is 4.39 Å². The molecule has 1 atom stereocenters. The summed E-state index contributed by atoms with van der Waals surface area (Å²) in [6.45, 7) is 3.93. The second kappa shape index (κ2) is 8.72. The largest absolute Gasteiger partial charge is 0.338 e. The van der Waals surface area contributed by atoms with Gasteiger partial charge in [-0.25, -0.2) is 9.37 Å². The number of aromatic nitrogens is 4. The van der Waals surface area contributed by atoms with Gasteiger partial charge in [0.25, 0.3) is 11.5 Å². The molecule has 4 aromatic rings. The number of aryl methyl sites for hydroxylation is 1. The number of fused-ring (bicyclic) bond motifs is 1. The molecule has 162 valence electrons. The van der Waals surface area contributed by atoms with E-state index in [2.05, 4.69) is 21.9 Å². The molecule has 2 aromatic heterocycles. The molecule has 0 unspecified atom stereocenters. The molecule has 2 heterocycles. The van der Waals surface area contributed by atoms with Crippen LogP contribution in [0.5, 0.6) is 0 Å². The topological polar surface area (TPSA) is 84.7 Å². The minimum atomic E-state index is -0.599. The van der Waals surface area contributed by atoms with Gasteiger partial charge < -0.3 is 14.9 Å². The molecule has 2 N–H and O–H groups in total. The van der Waals surface area contributed by atoms with Gasteiger partial charge in [-0.05, 0) is 48.1 Å². The predicted octanol–water partition coefficient (Wildman–Crippen LogP) is 3.64. The molecule has 4 rings (SSSR count). The quantitative estimate of drug-likeness (QED) is 0.348. The Morgan fingerprint density at radius 2 is 2.06 bits per heavy atom. The number of benzene rings is 2. The van der Waals surface area contributed by atoms with Gasteiger partial charge >= 0.3 is 0 Å². The van der Waals surface area contributed by atoms with Gasteiger partial charge in [-0.3, -0.25) is 14.2 Å². The molecular weight excluding hydrogens is 429 g/mol. The smallest absolute Gasteiger partial charge is 0.262 e. The predicted molar refractivity (Wildman–Crippen MR) is 123 cm³/mol. The molecular formula is C23H20FN5O2S. The van der Waals surface area contributed by atoms with Gasteiger partial charge in [0.2, 0.25) is 0 Å². The summed E-state index contributed by atoms with van der Waals surface area (Å²) in [5, 5.41) is 3.37. The Kier molecular flexibility index (Phi) is 5.83. The van der Waals surface area contributed by atoms with Crippen molar-refractivity contribution < 1.29 is 9.18 Å². The zero-order valence-corrected chi connectivity index (χ0v) is 18.0. The van der Waals surface area contributed by atoms with Crippen LogP contribution in [0.25, 0.3) is 10.9 Å². The fourth-order valence-electron chi connectivity index (χ4n) is 3.51. The summed E-state index contributed by atoms with van der Waals surface area (Å²) in [6.07, 6.45) is 4.98. The monoisotopic (exact) mass is 449 g/mol. The molecule has 9 heteroatoms. The highest BCUT2D eigenvalue weighted by Crippen LogP contribution is 2.22. The van der Waals surface area contributed by atoms with Crippen molar-refractivity contribution in [1.82, 2.24) is 24.4 Å². The molecule has 0 bridgehead atoms. The fourth-order valence-corrected chi connectivity index (χ4v) is 3.78. The first-order chi connectivity index (χ1) is 15.4. The summed E-state index contributed by atoms with van der Waals surface area (Å²) in [7, 11) is 1.81. The Morgan fingerprint density at radius 3 is 2.72 bits per heavy atom. The lowest BCUT2D eigenvalue weighted by Crippen LogP contribution is -2.31. The Labute approximate surface area is 187 Å². The van der Waals surface area contributed by atoms with E-state index >= 15 is 0 Å². The van der Waals surface area contributed by atoms with E-state index in [1.54, 1.807) is 53.4 Å². The Hall–Kier alpha value is -3.85. The van der Waals surface area contributed by atoms with E-state index in [0.717, 1.165) is 0 Å². The van der Waals surface area contributed by atoms with Crippen LogP contribution in [0, 0.1) is 10.6 Å². The number of hydrogen-bond acceptors (Lipinski definition) is 4. The minimum Gasteiger partial charge on any atom is -0.338 e. The zero-order valence-electron chi connectivity index (χ0n) is 17.2. The summed E-state index contributed by atoms with van der Waals surface area (Å²) in [6, 6.07) is 10.0. The molecule has 2 aromatic carbocycles. The molecule has 0 aliphatic rings. The van der Waals surface area contributed by atoms with E-state index in [-0.39, 0.29) is 28.6 Å². The van der Waals surface area contributed by atoms with Crippen LogP contribution in [0.2, 0.25) is 0 Å². The lowest BCUT2D eigenvalue weighted by molar-refractivity contribution is 0.0941. The van der Waals surface area contributed by atoms with Crippen LogP contribution in [0.1, 0.15) is 27.8 Å². The second-order valence-corrected chi connectivity index (χ2v) is 7.64. The first-order valence-electron chi connectivity index (χ1n) is 9.80. The SMILES string of the molecule is C=CCn1c(=S)[nH]c2cc(C(=O)N[C@@H](c3ccc(F)cc3)c3nccn3C)ccc2c1=O. The standard InChI is InChI=1S/C23H20FN5O2S/c1-3-11-29-22(31)17-9-6-15(13-18(17)26-23(29)32)21(30)27-19(20-25-10-12-28(20)2)14-4-7-16(24)8-5-14/h3-10,12-13,19H,1,11H2,2H3,(H,26,32)(H,27,30)/t19-/m0/s1. The van der Waals surface area contributed by atoms with E-state index < -0.39 is 6.04 Å². The number of nitrogens with zero attached hydrogens (tertiary/aromatic N) is 3. The molecule has 0 saturated carbocycles. The average Bonchev–Trinajstić information content (AvgIpc) is 3.20. The number of amides is 1. The van der Waals surface area contributed by atoms with Gasteiger partial charge in [-0.15, -0.1) is 6.58 Å². The average molecular weight is 450 g/mol. The number of nitrogens with one attached hydrogen (secondary N) is 2. The summed E-state index contributed by atoms with van der Waals surface area (Å²) in [5.74, 6) is -0.151. The number of imidazole rings is 1. The van der Waals surface area contributed by atoms with E-state index in [0.29, 0.717) is 27.9 Å². The maximum atomic E-state index is 13.4. The number of carbonyl (C=O) groups excluding carboxylic acids is 1. The van der Waals surface area contributed by atoms with Crippen LogP contribution in [0.3, 0.4) is 0 Å². The van der Waals surface area contributed by atoms with Crippen molar-refractivity contribution in [2.24, 2.45) is 7.05 Å². The van der Waals surface area contributed by atoms with E-state index in [1.165, 1.54) is 16.7 Å². The van der Waals surface area contributed by atoms with Crippen molar-refractivity contribution in [2.75, 3.05) is 0 Å². The fraction of sp³-hybridized carbons (Fsp3) is 0.130. The lowest BCUT2D eigenvalue weighted by Gasteiger charge is -2.19. The number of H-pyrrole nitrogens is 1. The maximum Gasteiger partial charge on any atom is 0.262 e. The van der Waals surface area contributed by atoms with Crippen LogP contribution in [-0.2, 0) is 13.6 Å². The molecule has 1 amide bonds. The number of carbonyl (C=O) groups is 1. The third kappa shape index (κ3) is 4.02. The summed E-state index contributed by atoms with van der Waals surface area (Å²) in [4.78, 5) is 33.2. The lowest BCUT2D eigenvalue weighted by atomic mass is 10.0.